The number of thioether (sulfide) groups is 1. The summed E-state index contributed by atoms with van der Waals surface area (Å²) in [7, 11) is 0. The summed E-state index contributed by atoms with van der Waals surface area (Å²) in [5.74, 6) is -1.33. The van der Waals surface area contributed by atoms with Crippen LogP contribution in [0.25, 0.3) is 20.3 Å². The highest BCUT2D eigenvalue weighted by Gasteiger charge is 2.19. The van der Waals surface area contributed by atoms with Crippen LogP contribution >= 0.6 is 45.8 Å². The lowest BCUT2D eigenvalue weighted by Gasteiger charge is -2.12. The lowest BCUT2D eigenvalue weighted by molar-refractivity contribution is -0.139. The van der Waals surface area contributed by atoms with E-state index >= 15 is 0 Å². The first-order chi connectivity index (χ1) is 19.3. The summed E-state index contributed by atoms with van der Waals surface area (Å²) < 4.78 is 0. The molecule has 13 heteroatoms. The van der Waals surface area contributed by atoms with E-state index in [4.69, 9.17) is 5.11 Å². The number of H-pyrrole nitrogens is 1. The molecule has 4 aromatic heterocycles. The molecule has 208 valence electrons. The fraction of sp³-hybridized carbons (Fsp3) is 0.296. The second-order valence-electron chi connectivity index (χ2n) is 8.74. The lowest BCUT2D eigenvalue weighted by Crippen LogP contribution is -2.29. The molecule has 4 N–H and O–H groups in total. The topological polar surface area (TPSA) is 156 Å². The molecule has 4 heterocycles. The maximum absolute atomic E-state index is 12.6. The van der Waals surface area contributed by atoms with E-state index in [0.29, 0.717) is 15.9 Å². The zero-order valence-corrected chi connectivity index (χ0v) is 24.5. The van der Waals surface area contributed by atoms with E-state index in [9.17, 15) is 24.8 Å². The van der Waals surface area contributed by atoms with Crippen molar-refractivity contribution in [2.45, 2.75) is 49.7 Å². The second kappa shape index (κ2) is 14.3. The van der Waals surface area contributed by atoms with Crippen LogP contribution < -0.4 is 10.9 Å². The smallest absolute Gasteiger partial charge is 0.326 e. The van der Waals surface area contributed by atoms with Gasteiger partial charge in [-0.15, -0.1) is 34.0 Å². The molecule has 0 aliphatic heterocycles. The second-order valence-corrected chi connectivity index (χ2v) is 13.0. The molecule has 0 bridgehead atoms. The Hall–Kier alpha value is -3.44. The van der Waals surface area contributed by atoms with Gasteiger partial charge >= 0.3 is 11.9 Å². The molecule has 0 amide bonds. The van der Waals surface area contributed by atoms with Crippen molar-refractivity contribution in [3.63, 3.8) is 0 Å². The Labute approximate surface area is 246 Å². The van der Waals surface area contributed by atoms with Crippen LogP contribution in [-0.2, 0) is 16.0 Å². The predicted molar refractivity (Wildman–Crippen MR) is 161 cm³/mol. The molecule has 0 radical (unpaired) electrons. The number of aromatic amines is 1. The van der Waals surface area contributed by atoms with Crippen LogP contribution in [0.2, 0.25) is 0 Å². The van der Waals surface area contributed by atoms with Crippen LogP contribution in [0.3, 0.4) is 0 Å². The molecule has 0 saturated heterocycles. The van der Waals surface area contributed by atoms with Crippen molar-refractivity contribution in [3.8, 4) is 26.4 Å². The minimum Gasteiger partial charge on any atom is -0.481 e. The Bertz CT molecular complexity index is 1550. The van der Waals surface area contributed by atoms with Gasteiger partial charge in [0.05, 0.1) is 9.88 Å². The van der Waals surface area contributed by atoms with Crippen molar-refractivity contribution >= 4 is 62.7 Å². The van der Waals surface area contributed by atoms with E-state index in [1.807, 2.05) is 47.8 Å². The van der Waals surface area contributed by atoms with Gasteiger partial charge in [0.1, 0.15) is 23.4 Å². The molecule has 4 rings (SSSR count). The van der Waals surface area contributed by atoms with E-state index in [0.717, 1.165) is 50.9 Å². The van der Waals surface area contributed by atoms with Crippen LogP contribution in [0.5, 0.6) is 0 Å². The Morgan fingerprint density at radius 1 is 1.07 bits per heavy atom. The van der Waals surface area contributed by atoms with E-state index in [1.54, 1.807) is 11.3 Å². The van der Waals surface area contributed by atoms with Gasteiger partial charge in [-0.05, 0) is 61.4 Å². The Balaban J connectivity index is 1.26. The number of rotatable bonds is 15. The molecular weight excluding hydrogens is 589 g/mol. The molecular formula is C27H26N4O5S4. The van der Waals surface area contributed by atoms with Gasteiger partial charge in [0, 0.05) is 26.8 Å². The standard InChI is InChI=1S/C27H26N4O5S4/c28-15-17-24(21-10-9-20(40-21)19-6-4-14-37-19)30-27(31-25(17)34)38-13-3-1-2-5-16-7-11-22(39-16)29-18(26(35)36)8-12-23(32)33/h4,6-7,9-11,14,18,29H,1-3,5,8,12-13H2,(H,32,33)(H,35,36)(H,30,31,34)/t18-/m0/s1. The quantitative estimate of drug-likeness (QED) is 0.0676. The molecule has 0 aliphatic carbocycles. The number of carbonyl (C=O) groups is 2. The number of nitriles is 1. The minimum atomic E-state index is -1.07. The van der Waals surface area contributed by atoms with Gasteiger partial charge in [0.15, 0.2) is 5.16 Å². The third-order valence-electron chi connectivity index (χ3n) is 5.84. The van der Waals surface area contributed by atoms with Gasteiger partial charge in [0.2, 0.25) is 0 Å². The zero-order chi connectivity index (χ0) is 28.5. The number of anilines is 1. The molecule has 0 unspecified atom stereocenters. The maximum atomic E-state index is 12.6. The first-order valence-electron chi connectivity index (χ1n) is 12.4. The summed E-state index contributed by atoms with van der Waals surface area (Å²) in [5.41, 5.74) is -0.00154. The zero-order valence-electron chi connectivity index (χ0n) is 21.2. The van der Waals surface area contributed by atoms with E-state index in [2.05, 4.69) is 15.3 Å². The number of nitrogens with one attached hydrogen (secondary N) is 2. The van der Waals surface area contributed by atoms with Gasteiger partial charge in [-0.25, -0.2) is 9.78 Å². The number of aryl methyl sites for hydroxylation is 1. The molecule has 0 spiro atoms. The Morgan fingerprint density at radius 2 is 1.90 bits per heavy atom. The average Bonchev–Trinajstić information content (AvgIpc) is 3.70. The molecule has 0 saturated carbocycles. The van der Waals surface area contributed by atoms with Gasteiger partial charge in [0.25, 0.3) is 5.56 Å². The number of aromatic nitrogens is 2. The fourth-order valence-corrected chi connectivity index (χ4v) is 7.55. The summed E-state index contributed by atoms with van der Waals surface area (Å²) in [6.45, 7) is 0. The number of hydrogen-bond donors (Lipinski definition) is 4. The number of hydrogen-bond acceptors (Lipinski definition) is 10. The van der Waals surface area contributed by atoms with Crippen molar-refractivity contribution in [1.82, 2.24) is 9.97 Å². The molecule has 0 aliphatic rings. The summed E-state index contributed by atoms with van der Waals surface area (Å²) in [6, 6.07) is 12.8. The first kappa shape index (κ1) is 29.5. The summed E-state index contributed by atoms with van der Waals surface area (Å²) in [6.07, 6.45) is 3.48. The van der Waals surface area contributed by atoms with Gasteiger partial charge in [-0.2, -0.15) is 5.26 Å². The Kier molecular flexibility index (Phi) is 10.5. The largest absolute Gasteiger partial charge is 0.481 e. The molecule has 0 aromatic carbocycles. The average molecular weight is 615 g/mol. The van der Waals surface area contributed by atoms with E-state index in [-0.39, 0.29) is 18.4 Å². The number of aliphatic carboxylic acids is 2. The van der Waals surface area contributed by atoms with Crippen LogP contribution in [0, 0.1) is 11.3 Å². The van der Waals surface area contributed by atoms with Crippen LogP contribution in [0.4, 0.5) is 5.00 Å². The highest BCUT2D eigenvalue weighted by atomic mass is 32.2. The number of nitrogens with zero attached hydrogens (tertiary/aromatic N) is 2. The minimum absolute atomic E-state index is 0.0138. The monoisotopic (exact) mass is 614 g/mol. The number of thiophene rings is 3. The van der Waals surface area contributed by atoms with E-state index < -0.39 is 23.5 Å². The highest BCUT2D eigenvalue weighted by Crippen LogP contribution is 2.36. The summed E-state index contributed by atoms with van der Waals surface area (Å²) >= 11 is 6.08. The lowest BCUT2D eigenvalue weighted by atomic mass is 10.1. The molecule has 1 atom stereocenters. The Morgan fingerprint density at radius 3 is 2.62 bits per heavy atom. The molecule has 40 heavy (non-hydrogen) atoms. The van der Waals surface area contributed by atoms with Crippen molar-refractivity contribution in [1.29, 1.82) is 5.26 Å². The van der Waals surface area contributed by atoms with Crippen molar-refractivity contribution in [2.24, 2.45) is 0 Å². The van der Waals surface area contributed by atoms with Crippen LogP contribution in [-0.4, -0.2) is 43.9 Å². The third kappa shape index (κ3) is 8.04. The number of carboxylic acids is 2. The van der Waals surface area contributed by atoms with Crippen molar-refractivity contribution in [2.75, 3.05) is 11.1 Å². The van der Waals surface area contributed by atoms with E-state index in [1.165, 1.54) is 34.4 Å². The van der Waals surface area contributed by atoms with Gasteiger partial charge in [-0.1, -0.05) is 24.2 Å². The summed E-state index contributed by atoms with van der Waals surface area (Å²) in [5, 5.41) is 33.8. The van der Waals surface area contributed by atoms with Gasteiger partial charge in [-0.3, -0.25) is 9.59 Å². The van der Waals surface area contributed by atoms with Crippen molar-refractivity contribution in [3.05, 3.63) is 62.6 Å². The number of unbranched alkanes of at least 4 members (excludes halogenated alkanes) is 2. The molecule has 9 nitrogen and oxygen atoms in total. The molecule has 0 fully saturated rings. The highest BCUT2D eigenvalue weighted by molar-refractivity contribution is 7.99. The summed E-state index contributed by atoms with van der Waals surface area (Å²) in [4.78, 5) is 46.2. The van der Waals surface area contributed by atoms with Crippen LogP contribution in [0.15, 0.2) is 51.7 Å². The van der Waals surface area contributed by atoms with Crippen molar-refractivity contribution < 1.29 is 19.8 Å². The predicted octanol–water partition coefficient (Wildman–Crippen LogP) is 6.40. The van der Waals surface area contributed by atoms with Crippen LogP contribution in [0.1, 0.15) is 42.5 Å². The normalized spacial score (nSPS) is 11.7. The molecule has 4 aromatic rings. The number of carboxylic acid groups (broad SMARTS) is 2. The fourth-order valence-electron chi connectivity index (χ4n) is 3.85. The third-order valence-corrected chi connectivity index (χ3v) is 10.0. The SMILES string of the molecule is N#Cc1c(-c2ccc(-c3cccs3)s2)nc(SCCCCCc2ccc(N[C@@H](CCC(=O)O)C(=O)O)s2)[nH]c1=O. The van der Waals surface area contributed by atoms with Gasteiger partial charge < -0.3 is 20.5 Å². The maximum Gasteiger partial charge on any atom is 0.326 e. The first-order valence-corrected chi connectivity index (χ1v) is 15.9.